The molecule has 1 aliphatic rings. The number of benzene rings is 2. The number of nitrogens with zero attached hydrogens (tertiary/aromatic N) is 2. The molecule has 8 heteroatoms. The summed E-state index contributed by atoms with van der Waals surface area (Å²) < 4.78 is 27.0. The maximum atomic E-state index is 12.4. The van der Waals surface area contributed by atoms with Gasteiger partial charge in [-0.2, -0.15) is 0 Å². The maximum absolute atomic E-state index is 12.4. The van der Waals surface area contributed by atoms with Gasteiger partial charge in [-0.15, -0.1) is 0 Å². The summed E-state index contributed by atoms with van der Waals surface area (Å²) in [5, 5.41) is 0.677. The third-order valence-electron chi connectivity index (χ3n) is 4.55. The molecule has 1 aliphatic heterocycles. The van der Waals surface area contributed by atoms with Crippen LogP contribution in [0.2, 0.25) is 5.02 Å². The average Bonchev–Trinajstić information content (AvgIpc) is 2.67. The molecular weight excluding hydrogens is 386 g/mol. The molecule has 0 aliphatic carbocycles. The van der Waals surface area contributed by atoms with Crippen LogP contribution in [0.5, 0.6) is 0 Å². The highest BCUT2D eigenvalue weighted by molar-refractivity contribution is 7.89. The molecule has 0 radical (unpaired) electrons. The van der Waals surface area contributed by atoms with Crippen LogP contribution in [0.3, 0.4) is 0 Å². The minimum Gasteiger partial charge on any atom is -0.368 e. The third kappa shape index (κ3) is 5.00. The van der Waals surface area contributed by atoms with E-state index in [1.54, 1.807) is 17.0 Å². The molecule has 0 unspecified atom stereocenters. The number of carbonyl (C=O) groups is 1. The van der Waals surface area contributed by atoms with Crippen LogP contribution in [0.25, 0.3) is 0 Å². The van der Waals surface area contributed by atoms with Crippen molar-refractivity contribution >= 4 is 33.2 Å². The zero-order valence-electron chi connectivity index (χ0n) is 15.1. The van der Waals surface area contributed by atoms with Crippen LogP contribution in [0, 0.1) is 6.92 Å². The van der Waals surface area contributed by atoms with E-state index >= 15 is 0 Å². The number of anilines is 1. The fourth-order valence-corrected chi connectivity index (χ4v) is 4.12. The number of carbonyl (C=O) groups excluding carboxylic acids is 1. The van der Waals surface area contributed by atoms with Crippen molar-refractivity contribution in [2.75, 3.05) is 37.6 Å². The number of hydrogen-bond acceptors (Lipinski definition) is 4. The molecule has 1 heterocycles. The Morgan fingerprint density at radius 1 is 1.07 bits per heavy atom. The van der Waals surface area contributed by atoms with Crippen molar-refractivity contribution in [1.82, 2.24) is 9.62 Å². The van der Waals surface area contributed by atoms with E-state index in [0.29, 0.717) is 31.2 Å². The molecule has 1 saturated heterocycles. The summed E-state index contributed by atoms with van der Waals surface area (Å²) in [6, 6.07) is 14.1. The molecule has 144 valence electrons. The molecule has 0 atom stereocenters. The Morgan fingerprint density at radius 3 is 2.37 bits per heavy atom. The third-order valence-corrected chi connectivity index (χ3v) is 6.20. The summed E-state index contributed by atoms with van der Waals surface area (Å²) in [6.45, 7) is 4.08. The van der Waals surface area contributed by atoms with Crippen LogP contribution in [-0.4, -0.2) is 51.9 Å². The first-order valence-corrected chi connectivity index (χ1v) is 10.6. The number of halogens is 1. The van der Waals surface area contributed by atoms with Crippen LogP contribution in [0.1, 0.15) is 5.56 Å². The number of piperazine rings is 1. The Morgan fingerprint density at radius 2 is 1.74 bits per heavy atom. The van der Waals surface area contributed by atoms with E-state index in [2.05, 4.69) is 9.62 Å². The van der Waals surface area contributed by atoms with Gasteiger partial charge < -0.3 is 9.80 Å². The van der Waals surface area contributed by atoms with E-state index in [1.807, 2.05) is 31.2 Å². The van der Waals surface area contributed by atoms with Gasteiger partial charge in [0.2, 0.25) is 15.9 Å². The molecular formula is C19H22ClN3O3S. The van der Waals surface area contributed by atoms with Gasteiger partial charge in [-0.1, -0.05) is 35.4 Å². The van der Waals surface area contributed by atoms with Gasteiger partial charge >= 0.3 is 0 Å². The van der Waals surface area contributed by atoms with Crippen LogP contribution in [0.4, 0.5) is 5.69 Å². The second kappa shape index (κ2) is 8.29. The lowest BCUT2D eigenvalue weighted by Gasteiger charge is -2.36. The van der Waals surface area contributed by atoms with Gasteiger partial charge in [-0.25, -0.2) is 13.1 Å². The summed E-state index contributed by atoms with van der Waals surface area (Å²) in [6.07, 6.45) is 0. The number of rotatable bonds is 5. The van der Waals surface area contributed by atoms with Gasteiger partial charge in [-0.3, -0.25) is 4.79 Å². The molecule has 1 fully saturated rings. The summed E-state index contributed by atoms with van der Waals surface area (Å²) in [5.41, 5.74) is 2.00. The monoisotopic (exact) mass is 407 g/mol. The first-order chi connectivity index (χ1) is 12.8. The molecule has 0 spiro atoms. The topological polar surface area (TPSA) is 69.7 Å². The van der Waals surface area contributed by atoms with Crippen LogP contribution in [0.15, 0.2) is 53.4 Å². The molecule has 0 aromatic heterocycles. The molecule has 0 bridgehead atoms. The molecule has 27 heavy (non-hydrogen) atoms. The lowest BCUT2D eigenvalue weighted by Crippen LogP contribution is -2.51. The zero-order valence-corrected chi connectivity index (χ0v) is 16.6. The Balaban J connectivity index is 1.53. The predicted octanol–water partition coefficient (Wildman–Crippen LogP) is 2.28. The largest absolute Gasteiger partial charge is 0.368 e. The summed E-state index contributed by atoms with van der Waals surface area (Å²) in [5.74, 6) is -0.226. The molecule has 2 aromatic carbocycles. The fraction of sp³-hybridized carbons (Fsp3) is 0.316. The van der Waals surface area contributed by atoms with Crippen molar-refractivity contribution < 1.29 is 13.2 Å². The molecule has 1 N–H and O–H groups in total. The van der Waals surface area contributed by atoms with E-state index in [4.69, 9.17) is 11.6 Å². The van der Waals surface area contributed by atoms with Gasteiger partial charge in [0.05, 0.1) is 11.4 Å². The standard InChI is InChI=1S/C19H22ClN3O3S/c1-15-5-7-18(8-6-15)27(25,26)21-14-19(24)23-11-9-22(10-12-23)17-4-2-3-16(20)13-17/h2-8,13,21H,9-12,14H2,1H3. The van der Waals surface area contributed by atoms with Crippen molar-refractivity contribution in [1.29, 1.82) is 0 Å². The molecule has 2 aromatic rings. The highest BCUT2D eigenvalue weighted by Gasteiger charge is 2.23. The minimum atomic E-state index is -3.69. The summed E-state index contributed by atoms with van der Waals surface area (Å²) in [7, 11) is -3.69. The van der Waals surface area contributed by atoms with Crippen molar-refractivity contribution in [3.05, 3.63) is 59.1 Å². The van der Waals surface area contributed by atoms with Gasteiger partial charge in [0.15, 0.2) is 0 Å². The lowest BCUT2D eigenvalue weighted by molar-refractivity contribution is -0.130. The Kier molecular flexibility index (Phi) is 6.04. The molecule has 1 amide bonds. The van der Waals surface area contributed by atoms with Gasteiger partial charge in [-0.05, 0) is 37.3 Å². The SMILES string of the molecule is Cc1ccc(S(=O)(=O)NCC(=O)N2CCN(c3cccc(Cl)c3)CC2)cc1. The van der Waals surface area contributed by atoms with E-state index in [0.717, 1.165) is 11.3 Å². The number of aryl methyl sites for hydroxylation is 1. The first-order valence-electron chi connectivity index (χ1n) is 8.70. The normalized spacial score (nSPS) is 15.0. The van der Waals surface area contributed by atoms with Gasteiger partial charge in [0.25, 0.3) is 0 Å². The van der Waals surface area contributed by atoms with Gasteiger partial charge in [0.1, 0.15) is 0 Å². The molecule has 6 nitrogen and oxygen atoms in total. The van der Waals surface area contributed by atoms with E-state index < -0.39 is 10.0 Å². The van der Waals surface area contributed by atoms with E-state index in [9.17, 15) is 13.2 Å². The quantitative estimate of drug-likeness (QED) is 0.825. The van der Waals surface area contributed by atoms with E-state index in [1.165, 1.54) is 12.1 Å². The van der Waals surface area contributed by atoms with Crippen molar-refractivity contribution in [3.63, 3.8) is 0 Å². The van der Waals surface area contributed by atoms with Crippen LogP contribution in [-0.2, 0) is 14.8 Å². The van der Waals surface area contributed by atoms with Crippen molar-refractivity contribution in [2.45, 2.75) is 11.8 Å². The first kappa shape index (κ1) is 19.7. The second-order valence-corrected chi connectivity index (χ2v) is 8.69. The zero-order chi connectivity index (χ0) is 19.4. The van der Waals surface area contributed by atoms with Gasteiger partial charge in [0, 0.05) is 36.9 Å². The Labute approximate surface area is 164 Å². The maximum Gasteiger partial charge on any atom is 0.241 e. The Hall–Kier alpha value is -2.09. The lowest BCUT2D eigenvalue weighted by atomic mass is 10.2. The Bertz CT molecular complexity index is 908. The fourth-order valence-electron chi connectivity index (χ4n) is 2.96. The summed E-state index contributed by atoms with van der Waals surface area (Å²) >= 11 is 6.03. The van der Waals surface area contributed by atoms with Crippen LogP contribution >= 0.6 is 11.6 Å². The van der Waals surface area contributed by atoms with E-state index in [-0.39, 0.29) is 17.3 Å². The molecule has 3 rings (SSSR count). The smallest absolute Gasteiger partial charge is 0.241 e. The van der Waals surface area contributed by atoms with Crippen molar-refractivity contribution in [2.24, 2.45) is 0 Å². The van der Waals surface area contributed by atoms with Crippen molar-refractivity contribution in [3.8, 4) is 0 Å². The second-order valence-electron chi connectivity index (χ2n) is 6.49. The number of hydrogen-bond donors (Lipinski definition) is 1. The molecule has 0 saturated carbocycles. The minimum absolute atomic E-state index is 0.159. The van der Waals surface area contributed by atoms with Crippen LogP contribution < -0.4 is 9.62 Å². The number of amides is 1. The highest BCUT2D eigenvalue weighted by atomic mass is 35.5. The number of sulfonamides is 1. The predicted molar refractivity (Wildman–Crippen MR) is 107 cm³/mol. The summed E-state index contributed by atoms with van der Waals surface area (Å²) in [4.78, 5) is 16.4. The highest BCUT2D eigenvalue weighted by Crippen LogP contribution is 2.20. The number of nitrogens with one attached hydrogen (secondary N) is 1. The average molecular weight is 408 g/mol.